The molecule has 6 heteroatoms. The van der Waals surface area contributed by atoms with Gasteiger partial charge in [-0.15, -0.1) is 0 Å². The lowest BCUT2D eigenvalue weighted by molar-refractivity contribution is -0.124. The number of nitrogens with one attached hydrogen (secondary N) is 1. The van der Waals surface area contributed by atoms with Gasteiger partial charge in [0.15, 0.2) is 12.4 Å². The first-order chi connectivity index (χ1) is 12.3. The molecule has 1 N–H and O–H groups in total. The maximum Gasteiger partial charge on any atom is 0.355 e. The van der Waals surface area contributed by atoms with Gasteiger partial charge in [0.05, 0.1) is 6.04 Å². The fourth-order valence-corrected chi connectivity index (χ4v) is 2.57. The van der Waals surface area contributed by atoms with Gasteiger partial charge in [0.2, 0.25) is 0 Å². The second-order valence-electron chi connectivity index (χ2n) is 6.24. The Balaban J connectivity index is 1.89. The summed E-state index contributed by atoms with van der Waals surface area (Å²) in [6, 6.07) is 9.28. The Morgan fingerprint density at radius 2 is 1.85 bits per heavy atom. The van der Waals surface area contributed by atoms with Crippen LogP contribution in [0.5, 0.6) is 0 Å². The van der Waals surface area contributed by atoms with Gasteiger partial charge in [-0.05, 0) is 37.5 Å². The molecule has 0 bridgehead atoms. The number of rotatable bonds is 7. The summed E-state index contributed by atoms with van der Waals surface area (Å²) in [6.45, 7) is 5.00. The van der Waals surface area contributed by atoms with Gasteiger partial charge in [-0.25, -0.2) is 4.79 Å². The van der Waals surface area contributed by atoms with Crippen molar-refractivity contribution in [2.45, 2.75) is 33.2 Å². The number of aromatic nitrogens is 1. The minimum Gasteiger partial charge on any atom is -0.451 e. The minimum absolute atomic E-state index is 0.139. The topological polar surface area (TPSA) is 77.4 Å². The van der Waals surface area contributed by atoms with Crippen LogP contribution in [-0.4, -0.2) is 28.8 Å². The van der Waals surface area contributed by atoms with Crippen molar-refractivity contribution in [3.05, 3.63) is 58.9 Å². The summed E-state index contributed by atoms with van der Waals surface area (Å²) in [6.07, 6.45) is 2.52. The minimum atomic E-state index is -0.643. The third-order valence-corrected chi connectivity index (χ3v) is 4.22. The summed E-state index contributed by atoms with van der Waals surface area (Å²) in [5.74, 6) is -1.16. The van der Waals surface area contributed by atoms with Gasteiger partial charge in [-0.1, -0.05) is 31.2 Å². The van der Waals surface area contributed by atoms with Gasteiger partial charge in [-0.3, -0.25) is 9.59 Å². The molecule has 26 heavy (non-hydrogen) atoms. The zero-order valence-corrected chi connectivity index (χ0v) is 15.5. The van der Waals surface area contributed by atoms with E-state index < -0.39 is 5.97 Å². The van der Waals surface area contributed by atoms with Gasteiger partial charge in [0.25, 0.3) is 5.91 Å². The number of nitrogens with zero attached hydrogens (tertiary/aromatic N) is 1. The predicted molar refractivity (Wildman–Crippen MR) is 98.1 cm³/mol. The van der Waals surface area contributed by atoms with Crippen molar-refractivity contribution in [3.8, 4) is 0 Å². The number of Topliss-reactive ketones (excluding diaryl/α,β-unsaturated/α-hetero) is 1. The Bertz CT molecular complexity index is 806. The van der Waals surface area contributed by atoms with Crippen LogP contribution in [0.3, 0.4) is 0 Å². The first kappa shape index (κ1) is 19.4. The van der Waals surface area contributed by atoms with Crippen molar-refractivity contribution in [3.63, 3.8) is 0 Å². The van der Waals surface area contributed by atoms with Crippen LogP contribution < -0.4 is 5.32 Å². The molecule has 0 radical (unpaired) electrons. The van der Waals surface area contributed by atoms with E-state index >= 15 is 0 Å². The summed E-state index contributed by atoms with van der Waals surface area (Å²) in [5, 5.41) is 2.80. The number of hydrogen-bond donors (Lipinski definition) is 1. The Morgan fingerprint density at radius 3 is 2.38 bits per heavy atom. The number of amides is 1. The highest BCUT2D eigenvalue weighted by Gasteiger charge is 2.17. The molecular weight excluding hydrogens is 332 g/mol. The van der Waals surface area contributed by atoms with Gasteiger partial charge < -0.3 is 14.6 Å². The number of ether oxygens (including phenoxy) is 1. The standard InChI is InChI=1S/C20H24N2O4/c1-5-15-6-8-16(9-7-15)13(2)21-19(24)12-26-20(25)18-10-17(14(3)23)11-22(18)4/h6-11,13H,5,12H2,1-4H3,(H,21,24)/t13-/m1/s1. The third kappa shape index (κ3) is 4.81. The monoisotopic (exact) mass is 356 g/mol. The predicted octanol–water partition coefficient (Wildman–Crippen LogP) is 2.82. The number of benzene rings is 1. The number of ketones is 1. The lowest BCUT2D eigenvalue weighted by Gasteiger charge is -2.15. The molecule has 0 spiro atoms. The molecule has 0 saturated heterocycles. The number of esters is 1. The fourth-order valence-electron chi connectivity index (χ4n) is 2.57. The van der Waals surface area contributed by atoms with Gasteiger partial charge in [-0.2, -0.15) is 0 Å². The van der Waals surface area contributed by atoms with Gasteiger partial charge in [0.1, 0.15) is 5.69 Å². The van der Waals surface area contributed by atoms with Crippen molar-refractivity contribution in [2.24, 2.45) is 7.05 Å². The molecule has 2 rings (SSSR count). The summed E-state index contributed by atoms with van der Waals surface area (Å²) in [4.78, 5) is 35.5. The fraction of sp³-hybridized carbons (Fsp3) is 0.350. The van der Waals surface area contributed by atoms with Crippen LogP contribution >= 0.6 is 0 Å². The summed E-state index contributed by atoms with van der Waals surface area (Å²) in [5.41, 5.74) is 2.86. The van der Waals surface area contributed by atoms with E-state index in [1.807, 2.05) is 31.2 Å². The first-order valence-electron chi connectivity index (χ1n) is 8.54. The molecule has 1 heterocycles. The molecule has 2 aromatic rings. The van der Waals surface area contributed by atoms with E-state index in [1.165, 1.54) is 23.1 Å². The zero-order valence-electron chi connectivity index (χ0n) is 15.5. The third-order valence-electron chi connectivity index (χ3n) is 4.22. The van der Waals surface area contributed by atoms with E-state index in [-0.39, 0.29) is 30.0 Å². The molecule has 1 atom stereocenters. The van der Waals surface area contributed by atoms with Crippen LogP contribution in [-0.2, 0) is 23.0 Å². The Labute approximate surface area is 153 Å². The highest BCUT2D eigenvalue weighted by molar-refractivity contribution is 5.98. The van der Waals surface area contributed by atoms with Crippen molar-refractivity contribution in [1.82, 2.24) is 9.88 Å². The Hall–Kier alpha value is -2.89. The zero-order chi connectivity index (χ0) is 19.3. The molecule has 0 aliphatic rings. The molecule has 1 aromatic carbocycles. The molecule has 0 aliphatic heterocycles. The molecule has 1 aromatic heterocycles. The van der Waals surface area contributed by atoms with Crippen LogP contribution in [0.4, 0.5) is 0 Å². The number of hydrogen-bond acceptors (Lipinski definition) is 4. The van der Waals surface area contributed by atoms with E-state index in [0.29, 0.717) is 5.56 Å². The summed E-state index contributed by atoms with van der Waals surface area (Å²) in [7, 11) is 1.64. The van der Waals surface area contributed by atoms with E-state index in [1.54, 1.807) is 13.2 Å². The lowest BCUT2D eigenvalue weighted by atomic mass is 10.1. The molecular formula is C20H24N2O4. The highest BCUT2D eigenvalue weighted by Crippen LogP contribution is 2.14. The van der Waals surface area contributed by atoms with Crippen molar-refractivity contribution < 1.29 is 19.1 Å². The average molecular weight is 356 g/mol. The smallest absolute Gasteiger partial charge is 0.355 e. The number of carbonyl (C=O) groups is 3. The molecule has 0 unspecified atom stereocenters. The number of aryl methyl sites for hydroxylation is 2. The van der Waals surface area contributed by atoms with Crippen molar-refractivity contribution in [2.75, 3.05) is 6.61 Å². The maximum atomic E-state index is 12.1. The molecule has 1 amide bonds. The highest BCUT2D eigenvalue weighted by atomic mass is 16.5. The Kier molecular flexibility index (Phi) is 6.33. The molecule has 0 aliphatic carbocycles. The van der Waals surface area contributed by atoms with Crippen molar-refractivity contribution >= 4 is 17.7 Å². The summed E-state index contributed by atoms with van der Waals surface area (Å²) < 4.78 is 6.56. The molecule has 6 nitrogen and oxygen atoms in total. The number of carbonyl (C=O) groups excluding carboxylic acids is 3. The van der Waals surface area contributed by atoms with Crippen LogP contribution in [0, 0.1) is 0 Å². The second kappa shape index (κ2) is 8.47. The molecule has 138 valence electrons. The van der Waals surface area contributed by atoms with Gasteiger partial charge in [0, 0.05) is 18.8 Å². The van der Waals surface area contributed by atoms with Crippen LogP contribution in [0.1, 0.15) is 58.8 Å². The first-order valence-corrected chi connectivity index (χ1v) is 8.54. The normalized spacial score (nSPS) is 11.7. The van der Waals surface area contributed by atoms with E-state index in [4.69, 9.17) is 4.74 Å². The summed E-state index contributed by atoms with van der Waals surface area (Å²) >= 11 is 0. The van der Waals surface area contributed by atoms with Crippen molar-refractivity contribution in [1.29, 1.82) is 0 Å². The molecule has 0 fully saturated rings. The second-order valence-corrected chi connectivity index (χ2v) is 6.24. The lowest BCUT2D eigenvalue weighted by Crippen LogP contribution is -2.31. The largest absolute Gasteiger partial charge is 0.451 e. The Morgan fingerprint density at radius 1 is 1.19 bits per heavy atom. The van der Waals surface area contributed by atoms with E-state index in [9.17, 15) is 14.4 Å². The maximum absolute atomic E-state index is 12.1. The van der Waals surface area contributed by atoms with Gasteiger partial charge >= 0.3 is 5.97 Å². The SMILES string of the molecule is CCc1ccc([C@@H](C)NC(=O)COC(=O)c2cc(C(C)=O)cn2C)cc1. The van der Waals surface area contributed by atoms with E-state index in [0.717, 1.165) is 12.0 Å². The van der Waals surface area contributed by atoms with Crippen LogP contribution in [0.25, 0.3) is 0 Å². The van der Waals surface area contributed by atoms with Crippen LogP contribution in [0.2, 0.25) is 0 Å². The average Bonchev–Trinajstić information content (AvgIpc) is 3.02. The van der Waals surface area contributed by atoms with Crippen LogP contribution in [0.15, 0.2) is 36.5 Å². The quantitative estimate of drug-likeness (QED) is 0.611. The van der Waals surface area contributed by atoms with E-state index in [2.05, 4.69) is 12.2 Å². The molecule has 0 saturated carbocycles.